The Bertz CT molecular complexity index is 725. The van der Waals surface area contributed by atoms with Crippen molar-refractivity contribution in [2.75, 3.05) is 13.2 Å². The molecule has 0 spiro atoms. The van der Waals surface area contributed by atoms with Crippen molar-refractivity contribution >= 4 is 11.9 Å². The van der Waals surface area contributed by atoms with E-state index in [9.17, 15) is 9.59 Å². The first-order valence-corrected chi connectivity index (χ1v) is 10.8. The Morgan fingerprint density at radius 2 is 1.90 bits per heavy atom. The second kappa shape index (κ2) is 13.0. The topological polar surface area (TPSA) is 99.9 Å². The Kier molecular flexibility index (Phi) is 11.1. The molecule has 0 heterocycles. The quantitative estimate of drug-likeness (QED) is 0.263. The first kappa shape index (κ1) is 26.5. The molecule has 0 aromatic heterocycles. The molecule has 0 bridgehead atoms. The maximum Gasteiger partial charge on any atom is 0.323 e. The van der Waals surface area contributed by atoms with Gasteiger partial charge in [0.25, 0.3) is 0 Å². The third-order valence-corrected chi connectivity index (χ3v) is 4.32. The largest absolute Gasteiger partial charge is 0.493 e. The lowest BCUT2D eigenvalue weighted by Crippen LogP contribution is -2.44. The third kappa shape index (κ3) is 10.9. The summed E-state index contributed by atoms with van der Waals surface area (Å²) in [4.78, 5) is 23.4. The summed E-state index contributed by atoms with van der Waals surface area (Å²) in [6.45, 7) is 14.5. The smallest absolute Gasteiger partial charge is 0.323 e. The minimum Gasteiger partial charge on any atom is -0.493 e. The molecule has 1 atom stereocenters. The van der Waals surface area contributed by atoms with E-state index in [4.69, 9.17) is 19.9 Å². The second-order valence-corrected chi connectivity index (χ2v) is 8.78. The molecule has 0 aliphatic rings. The maximum absolute atomic E-state index is 12.6. The molecule has 0 fully saturated rings. The van der Waals surface area contributed by atoms with Crippen molar-refractivity contribution in [1.29, 1.82) is 0 Å². The zero-order chi connectivity index (χ0) is 23.4. The van der Waals surface area contributed by atoms with Crippen molar-refractivity contribution < 1.29 is 23.8 Å². The number of carbonyl (C=O) groups excluding carboxylic acids is 2. The number of nitrogens with two attached hydrogens (primary N) is 1. The van der Waals surface area contributed by atoms with Gasteiger partial charge in [-0.1, -0.05) is 32.6 Å². The van der Waals surface area contributed by atoms with Crippen LogP contribution in [0.4, 0.5) is 0 Å². The van der Waals surface area contributed by atoms with E-state index in [0.29, 0.717) is 44.1 Å². The highest BCUT2D eigenvalue weighted by atomic mass is 16.6. The van der Waals surface area contributed by atoms with E-state index < -0.39 is 11.6 Å². The van der Waals surface area contributed by atoms with Gasteiger partial charge in [-0.15, -0.1) is 0 Å². The van der Waals surface area contributed by atoms with Gasteiger partial charge in [-0.3, -0.25) is 14.9 Å². The molecule has 1 rings (SSSR count). The first-order valence-electron chi connectivity index (χ1n) is 10.8. The van der Waals surface area contributed by atoms with Gasteiger partial charge < -0.3 is 19.9 Å². The van der Waals surface area contributed by atoms with Gasteiger partial charge in [-0.25, -0.2) is 0 Å². The van der Waals surface area contributed by atoms with Crippen LogP contribution in [-0.2, 0) is 20.9 Å². The van der Waals surface area contributed by atoms with Crippen LogP contribution in [0, 0.1) is 5.92 Å². The maximum atomic E-state index is 12.6. The summed E-state index contributed by atoms with van der Waals surface area (Å²) in [5.74, 6) is 0.827. The molecule has 0 aliphatic carbocycles. The lowest BCUT2D eigenvalue weighted by atomic mass is 10.0. The monoisotopic (exact) mass is 434 g/mol. The standard InChI is InChI=1S/C24H38N2O5/c1-7-13-30-20-15-19(29-14-9-8-10-21(25)27)12-11-18(20)16-26-22(17(2)3)23(28)31-24(4,5)6/h7,11-12,15,17,22,26H,1,8-10,13-14,16H2,2-6H3,(H2,25,27)/t22-/m0/s1. The van der Waals surface area contributed by atoms with Gasteiger partial charge >= 0.3 is 5.97 Å². The Morgan fingerprint density at radius 1 is 1.19 bits per heavy atom. The molecule has 1 aromatic carbocycles. The van der Waals surface area contributed by atoms with Crippen molar-refractivity contribution in [2.24, 2.45) is 11.7 Å². The van der Waals surface area contributed by atoms with Crippen LogP contribution >= 0.6 is 0 Å². The number of carbonyl (C=O) groups is 2. The van der Waals surface area contributed by atoms with Gasteiger partial charge in [-0.05, 0) is 45.6 Å². The van der Waals surface area contributed by atoms with Gasteiger partial charge in [0.1, 0.15) is 29.7 Å². The minimum absolute atomic E-state index is 0.0652. The van der Waals surface area contributed by atoms with Crippen LogP contribution in [0.5, 0.6) is 11.5 Å². The molecule has 7 nitrogen and oxygen atoms in total. The highest BCUT2D eigenvalue weighted by Gasteiger charge is 2.27. The van der Waals surface area contributed by atoms with Crippen LogP contribution < -0.4 is 20.5 Å². The van der Waals surface area contributed by atoms with Gasteiger partial charge in [0.05, 0.1) is 6.61 Å². The van der Waals surface area contributed by atoms with Gasteiger partial charge in [-0.2, -0.15) is 0 Å². The summed E-state index contributed by atoms with van der Waals surface area (Å²) in [7, 11) is 0. The van der Waals surface area contributed by atoms with Crippen LogP contribution in [0.3, 0.4) is 0 Å². The van der Waals surface area contributed by atoms with Crippen LogP contribution in [-0.4, -0.2) is 36.7 Å². The minimum atomic E-state index is -0.541. The van der Waals surface area contributed by atoms with E-state index in [1.807, 2.05) is 52.8 Å². The van der Waals surface area contributed by atoms with E-state index in [2.05, 4.69) is 11.9 Å². The van der Waals surface area contributed by atoms with E-state index in [1.165, 1.54) is 0 Å². The Morgan fingerprint density at radius 3 is 2.48 bits per heavy atom. The van der Waals surface area contributed by atoms with E-state index in [1.54, 1.807) is 6.08 Å². The number of amides is 1. The molecular weight excluding hydrogens is 396 g/mol. The molecule has 0 aliphatic heterocycles. The average molecular weight is 435 g/mol. The van der Waals surface area contributed by atoms with Crippen molar-refractivity contribution in [1.82, 2.24) is 5.32 Å². The Hall–Kier alpha value is -2.54. The molecule has 7 heteroatoms. The first-order chi connectivity index (χ1) is 14.5. The summed E-state index contributed by atoms with van der Waals surface area (Å²) in [5.41, 5.74) is 5.51. The summed E-state index contributed by atoms with van der Waals surface area (Å²) < 4.78 is 17.1. The molecule has 0 saturated carbocycles. The number of benzene rings is 1. The van der Waals surface area contributed by atoms with E-state index >= 15 is 0 Å². The second-order valence-electron chi connectivity index (χ2n) is 8.78. The number of primary amides is 1. The molecule has 1 aromatic rings. The number of hydrogen-bond acceptors (Lipinski definition) is 6. The lowest BCUT2D eigenvalue weighted by Gasteiger charge is -2.27. The number of rotatable bonds is 14. The predicted octanol–water partition coefficient (Wildman–Crippen LogP) is 3.74. The molecule has 174 valence electrons. The summed E-state index contributed by atoms with van der Waals surface area (Å²) in [6, 6.07) is 5.17. The number of esters is 1. The molecule has 0 radical (unpaired) electrons. The SMILES string of the molecule is C=CCOc1cc(OCCCCC(N)=O)ccc1CN[C@H](C(=O)OC(C)(C)C)C(C)C. The predicted molar refractivity (Wildman–Crippen MR) is 122 cm³/mol. The van der Waals surface area contributed by atoms with Crippen LogP contribution in [0.1, 0.15) is 59.4 Å². The van der Waals surface area contributed by atoms with Gasteiger partial charge in [0.2, 0.25) is 5.91 Å². The average Bonchev–Trinajstić information content (AvgIpc) is 2.65. The van der Waals surface area contributed by atoms with E-state index in [-0.39, 0.29) is 17.8 Å². The molecule has 3 N–H and O–H groups in total. The van der Waals surface area contributed by atoms with Crippen molar-refractivity contribution in [3.63, 3.8) is 0 Å². The number of hydrogen-bond donors (Lipinski definition) is 2. The molecule has 0 saturated heterocycles. The van der Waals surface area contributed by atoms with Gasteiger partial charge in [0.15, 0.2) is 0 Å². The van der Waals surface area contributed by atoms with Crippen molar-refractivity contribution in [3.8, 4) is 11.5 Å². The highest BCUT2D eigenvalue weighted by molar-refractivity contribution is 5.76. The zero-order valence-corrected chi connectivity index (χ0v) is 19.5. The van der Waals surface area contributed by atoms with E-state index in [0.717, 1.165) is 12.0 Å². The normalized spacial score (nSPS) is 12.3. The summed E-state index contributed by atoms with van der Waals surface area (Å²) >= 11 is 0. The number of ether oxygens (including phenoxy) is 3. The fraction of sp³-hybridized carbons (Fsp3) is 0.583. The molecule has 31 heavy (non-hydrogen) atoms. The number of nitrogens with one attached hydrogen (secondary N) is 1. The third-order valence-electron chi connectivity index (χ3n) is 4.32. The van der Waals surface area contributed by atoms with Crippen LogP contribution in [0.15, 0.2) is 30.9 Å². The fourth-order valence-electron chi connectivity index (χ4n) is 2.82. The Balaban J connectivity index is 2.80. The van der Waals surface area contributed by atoms with Crippen molar-refractivity contribution in [2.45, 2.75) is 72.1 Å². The number of unbranched alkanes of at least 4 members (excludes halogenated alkanes) is 1. The Labute approximate surface area is 186 Å². The van der Waals surface area contributed by atoms with Crippen molar-refractivity contribution in [3.05, 3.63) is 36.4 Å². The summed E-state index contributed by atoms with van der Waals surface area (Å²) in [6.07, 6.45) is 3.46. The van der Waals surface area contributed by atoms with Crippen LogP contribution in [0.2, 0.25) is 0 Å². The molecule has 0 unspecified atom stereocenters. The lowest BCUT2D eigenvalue weighted by molar-refractivity contribution is -0.158. The zero-order valence-electron chi connectivity index (χ0n) is 19.5. The summed E-state index contributed by atoms with van der Waals surface area (Å²) in [5, 5.41) is 3.30. The van der Waals surface area contributed by atoms with Crippen LogP contribution in [0.25, 0.3) is 0 Å². The fourth-order valence-corrected chi connectivity index (χ4v) is 2.82. The highest BCUT2D eigenvalue weighted by Crippen LogP contribution is 2.26. The molecule has 1 amide bonds. The molecular formula is C24H38N2O5. The van der Waals surface area contributed by atoms with Gasteiger partial charge in [0, 0.05) is 24.6 Å².